The zero-order chi connectivity index (χ0) is 18.0. The SMILES string of the molecule is Cc1ccc(Cl)c(-c2ccc(NC(=O)c3cc(F)ccc3F)cc2)c1. The maximum absolute atomic E-state index is 13.6. The molecule has 3 aromatic carbocycles. The zero-order valence-corrected chi connectivity index (χ0v) is 14.1. The van der Waals surface area contributed by atoms with Gasteiger partial charge in [-0.15, -0.1) is 0 Å². The molecule has 0 saturated heterocycles. The van der Waals surface area contributed by atoms with Crippen molar-refractivity contribution in [2.24, 2.45) is 0 Å². The summed E-state index contributed by atoms with van der Waals surface area (Å²) in [7, 11) is 0. The molecule has 0 heterocycles. The minimum atomic E-state index is -0.776. The van der Waals surface area contributed by atoms with Crippen LogP contribution in [0.1, 0.15) is 15.9 Å². The van der Waals surface area contributed by atoms with E-state index in [1.54, 1.807) is 24.3 Å². The fraction of sp³-hybridized carbons (Fsp3) is 0.0500. The molecule has 0 aliphatic heterocycles. The Kier molecular flexibility index (Phi) is 4.81. The van der Waals surface area contributed by atoms with Crippen LogP contribution in [0.2, 0.25) is 5.02 Å². The van der Waals surface area contributed by atoms with Crippen molar-refractivity contribution in [1.82, 2.24) is 0 Å². The largest absolute Gasteiger partial charge is 0.322 e. The monoisotopic (exact) mass is 357 g/mol. The summed E-state index contributed by atoms with van der Waals surface area (Å²) < 4.78 is 26.8. The second-order valence-electron chi connectivity index (χ2n) is 5.64. The van der Waals surface area contributed by atoms with E-state index >= 15 is 0 Å². The molecule has 2 nitrogen and oxygen atoms in total. The predicted molar refractivity (Wildman–Crippen MR) is 95.9 cm³/mol. The zero-order valence-electron chi connectivity index (χ0n) is 13.3. The lowest BCUT2D eigenvalue weighted by molar-refractivity contribution is 0.102. The Hall–Kier alpha value is -2.72. The van der Waals surface area contributed by atoms with E-state index < -0.39 is 17.5 Å². The van der Waals surface area contributed by atoms with E-state index in [0.29, 0.717) is 10.7 Å². The third kappa shape index (κ3) is 3.86. The highest BCUT2D eigenvalue weighted by atomic mass is 35.5. The summed E-state index contributed by atoms with van der Waals surface area (Å²) in [6.45, 7) is 1.97. The van der Waals surface area contributed by atoms with Crippen molar-refractivity contribution in [3.63, 3.8) is 0 Å². The van der Waals surface area contributed by atoms with Crippen LogP contribution in [0, 0.1) is 18.6 Å². The van der Waals surface area contributed by atoms with E-state index in [0.717, 1.165) is 34.9 Å². The Morgan fingerprint density at radius 3 is 2.40 bits per heavy atom. The van der Waals surface area contributed by atoms with E-state index in [1.807, 2.05) is 25.1 Å². The van der Waals surface area contributed by atoms with Crippen LogP contribution in [0.4, 0.5) is 14.5 Å². The van der Waals surface area contributed by atoms with Crippen LogP contribution in [0.5, 0.6) is 0 Å². The van der Waals surface area contributed by atoms with Gasteiger partial charge in [-0.05, 0) is 55.0 Å². The summed E-state index contributed by atoms with van der Waals surface area (Å²) in [6.07, 6.45) is 0. The third-order valence-corrected chi connectivity index (χ3v) is 4.08. The second-order valence-corrected chi connectivity index (χ2v) is 6.05. The molecule has 25 heavy (non-hydrogen) atoms. The van der Waals surface area contributed by atoms with E-state index in [9.17, 15) is 13.6 Å². The first kappa shape index (κ1) is 17.1. The van der Waals surface area contributed by atoms with Crippen molar-refractivity contribution >= 4 is 23.2 Å². The lowest BCUT2D eigenvalue weighted by Gasteiger charge is -2.09. The second kappa shape index (κ2) is 7.03. The van der Waals surface area contributed by atoms with Crippen LogP contribution >= 0.6 is 11.6 Å². The first-order valence-corrected chi connectivity index (χ1v) is 7.95. The van der Waals surface area contributed by atoms with Gasteiger partial charge in [-0.1, -0.05) is 35.4 Å². The quantitative estimate of drug-likeness (QED) is 0.626. The highest BCUT2D eigenvalue weighted by Gasteiger charge is 2.13. The molecular weight excluding hydrogens is 344 g/mol. The van der Waals surface area contributed by atoms with Crippen molar-refractivity contribution < 1.29 is 13.6 Å². The molecule has 0 aromatic heterocycles. The van der Waals surface area contributed by atoms with Gasteiger partial charge >= 0.3 is 0 Å². The molecule has 0 atom stereocenters. The van der Waals surface area contributed by atoms with Crippen molar-refractivity contribution in [2.45, 2.75) is 6.92 Å². The van der Waals surface area contributed by atoms with Crippen molar-refractivity contribution in [3.05, 3.63) is 88.4 Å². The highest BCUT2D eigenvalue weighted by Crippen LogP contribution is 2.29. The van der Waals surface area contributed by atoms with Crippen LogP contribution in [0.25, 0.3) is 11.1 Å². The molecule has 0 fully saturated rings. The number of aryl methyl sites for hydroxylation is 1. The molecule has 126 valence electrons. The fourth-order valence-corrected chi connectivity index (χ4v) is 2.69. The standard InChI is InChI=1S/C20H14ClF2NO/c1-12-2-8-18(21)16(10-12)13-3-6-15(7-4-13)24-20(25)17-11-14(22)5-9-19(17)23/h2-11H,1H3,(H,24,25). The molecule has 0 saturated carbocycles. The number of carbonyl (C=O) groups is 1. The van der Waals surface area contributed by atoms with Gasteiger partial charge < -0.3 is 5.32 Å². The summed E-state index contributed by atoms with van der Waals surface area (Å²) in [6, 6.07) is 15.5. The van der Waals surface area contributed by atoms with Gasteiger partial charge in [0, 0.05) is 16.3 Å². The van der Waals surface area contributed by atoms with Gasteiger partial charge in [0.25, 0.3) is 5.91 Å². The Morgan fingerprint density at radius 2 is 1.68 bits per heavy atom. The van der Waals surface area contributed by atoms with Crippen LogP contribution in [-0.4, -0.2) is 5.91 Å². The number of carbonyl (C=O) groups excluding carboxylic acids is 1. The minimum absolute atomic E-state index is 0.342. The summed E-state index contributed by atoms with van der Waals surface area (Å²) in [5.74, 6) is -2.16. The molecule has 0 unspecified atom stereocenters. The van der Waals surface area contributed by atoms with Crippen LogP contribution < -0.4 is 5.32 Å². The Bertz CT molecular complexity index is 939. The van der Waals surface area contributed by atoms with Crippen LogP contribution in [0.15, 0.2) is 60.7 Å². The third-order valence-electron chi connectivity index (χ3n) is 3.75. The number of benzene rings is 3. The number of hydrogen-bond acceptors (Lipinski definition) is 1. The predicted octanol–water partition coefficient (Wildman–Crippen LogP) is 5.85. The lowest BCUT2D eigenvalue weighted by Crippen LogP contribution is -2.14. The highest BCUT2D eigenvalue weighted by molar-refractivity contribution is 6.33. The summed E-state index contributed by atoms with van der Waals surface area (Å²) >= 11 is 6.22. The lowest BCUT2D eigenvalue weighted by atomic mass is 10.0. The molecule has 0 radical (unpaired) electrons. The molecule has 0 bridgehead atoms. The molecular formula is C20H14ClF2NO. The van der Waals surface area contributed by atoms with E-state index in [-0.39, 0.29) is 5.56 Å². The fourth-order valence-electron chi connectivity index (χ4n) is 2.46. The molecule has 5 heteroatoms. The van der Waals surface area contributed by atoms with Gasteiger partial charge in [-0.25, -0.2) is 8.78 Å². The topological polar surface area (TPSA) is 29.1 Å². The Balaban J connectivity index is 1.82. The number of nitrogens with one attached hydrogen (secondary N) is 1. The van der Waals surface area contributed by atoms with E-state index in [2.05, 4.69) is 5.32 Å². The number of hydrogen-bond donors (Lipinski definition) is 1. The van der Waals surface area contributed by atoms with Gasteiger partial charge in [-0.3, -0.25) is 4.79 Å². The molecule has 0 aliphatic carbocycles. The van der Waals surface area contributed by atoms with Gasteiger partial charge in [0.2, 0.25) is 0 Å². The summed E-state index contributed by atoms with van der Waals surface area (Å²) in [5.41, 5.74) is 2.99. The molecule has 1 amide bonds. The molecule has 1 N–H and O–H groups in total. The normalized spacial score (nSPS) is 10.6. The summed E-state index contributed by atoms with van der Waals surface area (Å²) in [5, 5.41) is 3.18. The first-order valence-electron chi connectivity index (χ1n) is 7.57. The minimum Gasteiger partial charge on any atom is -0.322 e. The maximum Gasteiger partial charge on any atom is 0.258 e. The first-order chi connectivity index (χ1) is 11.9. The van der Waals surface area contributed by atoms with Gasteiger partial charge in [0.15, 0.2) is 0 Å². The maximum atomic E-state index is 13.6. The smallest absolute Gasteiger partial charge is 0.258 e. The molecule has 3 aromatic rings. The van der Waals surface area contributed by atoms with Gasteiger partial charge in [0.1, 0.15) is 11.6 Å². The van der Waals surface area contributed by atoms with E-state index in [1.165, 1.54) is 0 Å². The average molecular weight is 358 g/mol. The van der Waals surface area contributed by atoms with E-state index in [4.69, 9.17) is 11.6 Å². The Morgan fingerprint density at radius 1 is 0.960 bits per heavy atom. The average Bonchev–Trinajstić information content (AvgIpc) is 2.60. The van der Waals surface area contributed by atoms with Crippen molar-refractivity contribution in [3.8, 4) is 11.1 Å². The van der Waals surface area contributed by atoms with Crippen molar-refractivity contribution in [2.75, 3.05) is 5.32 Å². The van der Waals surface area contributed by atoms with Crippen LogP contribution in [0.3, 0.4) is 0 Å². The number of halogens is 3. The number of amides is 1. The van der Waals surface area contributed by atoms with Gasteiger partial charge in [0.05, 0.1) is 5.56 Å². The number of anilines is 1. The molecule has 3 rings (SSSR count). The molecule has 0 aliphatic rings. The van der Waals surface area contributed by atoms with Crippen molar-refractivity contribution in [1.29, 1.82) is 0 Å². The summed E-state index contributed by atoms with van der Waals surface area (Å²) in [4.78, 5) is 12.1. The van der Waals surface area contributed by atoms with Crippen LogP contribution in [-0.2, 0) is 0 Å². The molecule has 0 spiro atoms. The number of rotatable bonds is 3. The Labute approximate surface area is 149 Å². The van der Waals surface area contributed by atoms with Gasteiger partial charge in [-0.2, -0.15) is 0 Å².